The van der Waals surface area contributed by atoms with E-state index in [0.29, 0.717) is 17.3 Å². The molecule has 1 aromatic carbocycles. The van der Waals surface area contributed by atoms with Gasteiger partial charge in [0.15, 0.2) is 11.6 Å². The normalized spacial score (nSPS) is 22.1. The van der Waals surface area contributed by atoms with Gasteiger partial charge in [0, 0.05) is 6.04 Å². The Bertz CT molecular complexity index is 623. The van der Waals surface area contributed by atoms with Gasteiger partial charge in [0.05, 0.1) is 11.4 Å². The molecule has 3 rings (SSSR count). The molecule has 1 heterocycles. The van der Waals surface area contributed by atoms with Crippen molar-refractivity contribution in [2.24, 2.45) is 5.92 Å². The summed E-state index contributed by atoms with van der Waals surface area (Å²) in [5, 5.41) is 0. The molecule has 0 spiro atoms. The lowest BCUT2D eigenvalue weighted by Crippen LogP contribution is -2.03. The molecule has 1 aliphatic rings. The van der Waals surface area contributed by atoms with Gasteiger partial charge in [-0.15, -0.1) is 11.6 Å². The summed E-state index contributed by atoms with van der Waals surface area (Å²) in [6, 6.07) is 2.84. The molecule has 5 heteroatoms. The molecule has 1 fully saturated rings. The van der Waals surface area contributed by atoms with Crippen molar-refractivity contribution in [3.05, 3.63) is 29.6 Å². The van der Waals surface area contributed by atoms with Crippen LogP contribution in [0.1, 0.15) is 38.1 Å². The van der Waals surface area contributed by atoms with Gasteiger partial charge in [-0.1, -0.05) is 13.3 Å². The molecule has 0 bridgehead atoms. The molecule has 0 radical (unpaired) electrons. The zero-order chi connectivity index (χ0) is 13.6. The minimum Gasteiger partial charge on any atom is -0.321 e. The lowest BCUT2D eigenvalue weighted by molar-refractivity contribution is 0.508. The van der Waals surface area contributed by atoms with Crippen molar-refractivity contribution in [1.29, 1.82) is 0 Å². The second-order valence-corrected chi connectivity index (χ2v) is 5.38. The highest BCUT2D eigenvalue weighted by Gasteiger charge is 2.40. The van der Waals surface area contributed by atoms with Gasteiger partial charge in [0.1, 0.15) is 11.3 Å². The molecule has 0 amide bonds. The lowest BCUT2D eigenvalue weighted by atomic mass is 10.2. The van der Waals surface area contributed by atoms with Gasteiger partial charge in [-0.3, -0.25) is 0 Å². The van der Waals surface area contributed by atoms with E-state index >= 15 is 0 Å². The number of benzene rings is 1. The topological polar surface area (TPSA) is 17.8 Å². The predicted molar refractivity (Wildman–Crippen MR) is 71.3 cm³/mol. The monoisotopic (exact) mass is 284 g/mol. The standard InChI is InChI=1S/C14H15ClF2N2/c1-2-3-8-6-11(8)19-12(7-15)18-10-5-4-9(16)13(17)14(10)19/h4-5,8,11H,2-3,6-7H2,1H3. The maximum atomic E-state index is 14.0. The molecule has 19 heavy (non-hydrogen) atoms. The average molecular weight is 285 g/mol. The van der Waals surface area contributed by atoms with Crippen molar-refractivity contribution >= 4 is 22.6 Å². The van der Waals surface area contributed by atoms with E-state index in [0.717, 1.165) is 25.3 Å². The Hall–Kier alpha value is -1.16. The van der Waals surface area contributed by atoms with Crippen LogP contribution in [0.15, 0.2) is 12.1 Å². The van der Waals surface area contributed by atoms with Crippen LogP contribution in [-0.2, 0) is 5.88 Å². The van der Waals surface area contributed by atoms with Crippen LogP contribution in [0.5, 0.6) is 0 Å². The molecule has 2 unspecified atom stereocenters. The van der Waals surface area contributed by atoms with Gasteiger partial charge in [-0.25, -0.2) is 13.8 Å². The van der Waals surface area contributed by atoms with Crippen molar-refractivity contribution in [1.82, 2.24) is 9.55 Å². The number of fused-ring (bicyclic) bond motifs is 1. The van der Waals surface area contributed by atoms with Gasteiger partial charge in [-0.05, 0) is 30.9 Å². The molecular formula is C14H15ClF2N2. The first-order valence-corrected chi connectivity index (χ1v) is 7.11. The summed E-state index contributed by atoms with van der Waals surface area (Å²) in [5.41, 5.74) is 0.746. The summed E-state index contributed by atoms with van der Waals surface area (Å²) in [4.78, 5) is 4.31. The van der Waals surface area contributed by atoms with E-state index in [2.05, 4.69) is 11.9 Å². The van der Waals surface area contributed by atoms with Gasteiger partial charge in [0.25, 0.3) is 0 Å². The van der Waals surface area contributed by atoms with Gasteiger partial charge in [-0.2, -0.15) is 0 Å². The number of alkyl halides is 1. The molecule has 102 valence electrons. The van der Waals surface area contributed by atoms with Crippen LogP contribution in [0.3, 0.4) is 0 Å². The molecule has 1 aromatic heterocycles. The van der Waals surface area contributed by atoms with Gasteiger partial charge < -0.3 is 4.57 Å². The Labute approximate surface area is 115 Å². The molecule has 0 saturated heterocycles. The fourth-order valence-corrected chi connectivity index (χ4v) is 3.04. The third-order valence-corrected chi connectivity index (χ3v) is 4.05. The zero-order valence-electron chi connectivity index (χ0n) is 10.7. The van der Waals surface area contributed by atoms with Crippen molar-refractivity contribution in [2.75, 3.05) is 0 Å². The highest BCUT2D eigenvalue weighted by Crippen LogP contribution is 2.48. The van der Waals surface area contributed by atoms with Crippen LogP contribution < -0.4 is 0 Å². The second-order valence-electron chi connectivity index (χ2n) is 5.11. The average Bonchev–Trinajstić information content (AvgIpc) is 3.05. The van der Waals surface area contributed by atoms with Crippen LogP contribution in [0.2, 0.25) is 0 Å². The fraction of sp³-hybridized carbons (Fsp3) is 0.500. The van der Waals surface area contributed by atoms with E-state index < -0.39 is 11.6 Å². The zero-order valence-corrected chi connectivity index (χ0v) is 11.4. The van der Waals surface area contributed by atoms with Crippen molar-refractivity contribution < 1.29 is 8.78 Å². The maximum absolute atomic E-state index is 14.0. The summed E-state index contributed by atoms with van der Waals surface area (Å²) in [6.07, 6.45) is 3.20. The van der Waals surface area contributed by atoms with E-state index in [-0.39, 0.29) is 17.4 Å². The molecule has 1 aliphatic carbocycles. The van der Waals surface area contributed by atoms with E-state index in [9.17, 15) is 8.78 Å². The van der Waals surface area contributed by atoms with Gasteiger partial charge in [0.2, 0.25) is 0 Å². The van der Waals surface area contributed by atoms with E-state index in [1.807, 2.05) is 0 Å². The van der Waals surface area contributed by atoms with Crippen LogP contribution in [0.4, 0.5) is 8.78 Å². The van der Waals surface area contributed by atoms with Crippen LogP contribution in [0.25, 0.3) is 11.0 Å². The number of hydrogen-bond donors (Lipinski definition) is 0. The van der Waals surface area contributed by atoms with Crippen LogP contribution in [0, 0.1) is 17.6 Å². The van der Waals surface area contributed by atoms with E-state index in [1.54, 1.807) is 4.57 Å². The molecular weight excluding hydrogens is 270 g/mol. The van der Waals surface area contributed by atoms with Crippen LogP contribution in [-0.4, -0.2) is 9.55 Å². The first-order chi connectivity index (χ1) is 9.17. The highest BCUT2D eigenvalue weighted by molar-refractivity contribution is 6.16. The Kier molecular flexibility index (Phi) is 3.21. The maximum Gasteiger partial charge on any atom is 0.184 e. The minimum atomic E-state index is -0.831. The van der Waals surface area contributed by atoms with Crippen molar-refractivity contribution in [3.8, 4) is 0 Å². The number of imidazole rings is 1. The minimum absolute atomic E-state index is 0.213. The molecule has 2 atom stereocenters. The number of hydrogen-bond acceptors (Lipinski definition) is 1. The molecule has 0 aliphatic heterocycles. The summed E-state index contributed by atoms with van der Waals surface area (Å²) in [5.74, 6) is -0.270. The van der Waals surface area contributed by atoms with Gasteiger partial charge >= 0.3 is 0 Å². The Morgan fingerprint density at radius 3 is 2.89 bits per heavy atom. The van der Waals surface area contributed by atoms with Crippen LogP contribution >= 0.6 is 11.6 Å². The Balaban J connectivity index is 2.13. The summed E-state index contributed by atoms with van der Waals surface area (Å²) in [7, 11) is 0. The SMILES string of the molecule is CCCC1CC1n1c(CCl)nc2ccc(F)c(F)c21. The molecule has 1 saturated carbocycles. The third-order valence-electron chi connectivity index (χ3n) is 3.81. The predicted octanol–water partition coefficient (Wildman–Crippen LogP) is 4.41. The number of halogens is 3. The van der Waals surface area contributed by atoms with E-state index in [1.165, 1.54) is 6.07 Å². The largest absolute Gasteiger partial charge is 0.321 e. The number of aromatic nitrogens is 2. The first-order valence-electron chi connectivity index (χ1n) is 6.58. The number of nitrogens with zero attached hydrogens (tertiary/aromatic N) is 2. The molecule has 2 aromatic rings. The summed E-state index contributed by atoms with van der Waals surface area (Å²) < 4.78 is 29.3. The Morgan fingerprint density at radius 1 is 1.42 bits per heavy atom. The summed E-state index contributed by atoms with van der Waals surface area (Å²) >= 11 is 5.89. The smallest absolute Gasteiger partial charge is 0.184 e. The molecule has 2 nitrogen and oxygen atoms in total. The highest BCUT2D eigenvalue weighted by atomic mass is 35.5. The molecule has 0 N–H and O–H groups in total. The quantitative estimate of drug-likeness (QED) is 0.760. The second kappa shape index (κ2) is 4.75. The van der Waals surface area contributed by atoms with Crippen molar-refractivity contribution in [2.45, 2.75) is 38.1 Å². The first kappa shape index (κ1) is 12.9. The number of rotatable bonds is 4. The van der Waals surface area contributed by atoms with Crippen molar-refractivity contribution in [3.63, 3.8) is 0 Å². The fourth-order valence-electron chi connectivity index (χ4n) is 2.85. The Morgan fingerprint density at radius 2 is 2.21 bits per heavy atom. The summed E-state index contributed by atoms with van der Waals surface area (Å²) in [6.45, 7) is 2.13. The third kappa shape index (κ3) is 2.02. The van der Waals surface area contributed by atoms with E-state index in [4.69, 9.17) is 11.6 Å². The lowest BCUT2D eigenvalue weighted by Gasteiger charge is -2.08.